The summed E-state index contributed by atoms with van der Waals surface area (Å²) in [4.78, 5) is 24.7. The van der Waals surface area contributed by atoms with Crippen LogP contribution in [-0.4, -0.2) is 25.0 Å². The highest BCUT2D eigenvalue weighted by molar-refractivity contribution is 6.07. The normalized spacial score (nSPS) is 11.4. The zero-order chi connectivity index (χ0) is 22.9. The highest BCUT2D eigenvalue weighted by Crippen LogP contribution is 2.30. The van der Waals surface area contributed by atoms with E-state index >= 15 is 0 Å². The molecule has 0 radical (unpaired) electrons. The van der Waals surface area contributed by atoms with Gasteiger partial charge in [-0.2, -0.15) is 0 Å². The van der Waals surface area contributed by atoms with Gasteiger partial charge in [-0.15, -0.1) is 0 Å². The minimum Gasteiger partial charge on any atom is -0.493 e. The van der Waals surface area contributed by atoms with Crippen molar-refractivity contribution in [2.75, 3.05) is 13.2 Å². The quantitative estimate of drug-likeness (QED) is 0.199. The van der Waals surface area contributed by atoms with Crippen LogP contribution in [0.15, 0.2) is 48.5 Å². The molecule has 0 N–H and O–H groups in total. The van der Waals surface area contributed by atoms with E-state index in [1.54, 1.807) is 51.1 Å². The molecule has 0 saturated carbocycles. The molecule has 0 atom stereocenters. The Morgan fingerprint density at radius 3 is 1.90 bits per heavy atom. The van der Waals surface area contributed by atoms with Gasteiger partial charge in [0.1, 0.15) is 17.2 Å². The maximum absolute atomic E-state index is 12.7. The van der Waals surface area contributed by atoms with Crippen LogP contribution in [0.4, 0.5) is 0 Å². The maximum Gasteiger partial charge on any atom is 0.316 e. The van der Waals surface area contributed by atoms with Gasteiger partial charge in [0, 0.05) is 5.56 Å². The Bertz CT molecular complexity index is 878. The fraction of sp³-hybridized carbons (Fsp3) is 0.385. The van der Waals surface area contributed by atoms with Crippen LogP contribution in [0.2, 0.25) is 0 Å². The fourth-order valence-electron chi connectivity index (χ4n) is 2.57. The summed E-state index contributed by atoms with van der Waals surface area (Å²) in [6.45, 7) is 10.6. The maximum atomic E-state index is 12.7. The number of allylic oxidation sites excluding steroid dienone is 1. The van der Waals surface area contributed by atoms with Gasteiger partial charge in [-0.25, -0.2) is 0 Å². The lowest BCUT2D eigenvalue weighted by molar-refractivity contribution is -0.142. The zero-order valence-corrected chi connectivity index (χ0v) is 19.1. The Morgan fingerprint density at radius 2 is 1.42 bits per heavy atom. The molecule has 2 aromatic carbocycles. The summed E-state index contributed by atoms with van der Waals surface area (Å²) in [7, 11) is 0. The summed E-state index contributed by atoms with van der Waals surface area (Å²) in [5.41, 5.74) is 0.644. The summed E-state index contributed by atoms with van der Waals surface area (Å²) in [5, 5.41) is 0. The second-order valence-electron chi connectivity index (χ2n) is 8.23. The van der Waals surface area contributed by atoms with Crippen LogP contribution in [0.25, 0.3) is 6.08 Å². The van der Waals surface area contributed by atoms with E-state index in [0.29, 0.717) is 36.0 Å². The third-order valence-electron chi connectivity index (χ3n) is 4.31. The van der Waals surface area contributed by atoms with Crippen molar-refractivity contribution in [2.45, 2.75) is 47.5 Å². The van der Waals surface area contributed by atoms with Crippen LogP contribution in [0, 0.1) is 5.41 Å². The number of ketones is 1. The van der Waals surface area contributed by atoms with Crippen molar-refractivity contribution in [3.8, 4) is 17.2 Å². The van der Waals surface area contributed by atoms with Gasteiger partial charge in [0.25, 0.3) is 0 Å². The van der Waals surface area contributed by atoms with Crippen LogP contribution < -0.4 is 14.2 Å². The molecule has 0 aromatic heterocycles. The minimum absolute atomic E-state index is 0.166. The van der Waals surface area contributed by atoms with E-state index in [1.165, 1.54) is 6.08 Å². The SMILES string of the molecule is CCCOc1cccc(OCCC)c1/C=C/C(=O)c1ccc(OC(=O)C(C)(C)C)cc1. The first-order valence-corrected chi connectivity index (χ1v) is 10.7. The number of carbonyl (C=O) groups excluding carboxylic acids is 2. The third-order valence-corrected chi connectivity index (χ3v) is 4.31. The molecule has 0 bridgehead atoms. The average molecular weight is 425 g/mol. The summed E-state index contributed by atoms with van der Waals surface area (Å²) < 4.78 is 17.0. The number of hydrogen-bond donors (Lipinski definition) is 0. The van der Waals surface area contributed by atoms with E-state index < -0.39 is 5.41 Å². The molecule has 5 nitrogen and oxygen atoms in total. The summed E-state index contributed by atoms with van der Waals surface area (Å²) >= 11 is 0. The molecule has 0 aliphatic heterocycles. The van der Waals surface area contributed by atoms with Gasteiger partial charge in [0.2, 0.25) is 0 Å². The lowest BCUT2D eigenvalue weighted by atomic mass is 9.97. The highest BCUT2D eigenvalue weighted by atomic mass is 16.5. The molecule has 0 fully saturated rings. The Balaban J connectivity index is 2.19. The lowest BCUT2D eigenvalue weighted by Gasteiger charge is -2.16. The molecular weight excluding hydrogens is 392 g/mol. The standard InChI is InChI=1S/C26H32O5/c1-6-17-29-23-9-8-10-24(30-18-7-2)21(23)15-16-22(27)19-11-13-20(14-12-19)31-25(28)26(3,4)5/h8-16H,6-7,17-18H2,1-5H3/b16-15+. The predicted molar refractivity (Wildman–Crippen MR) is 123 cm³/mol. The van der Waals surface area contributed by atoms with Crippen molar-refractivity contribution >= 4 is 17.8 Å². The van der Waals surface area contributed by atoms with Crippen LogP contribution >= 0.6 is 0 Å². The van der Waals surface area contributed by atoms with Crippen molar-refractivity contribution in [3.63, 3.8) is 0 Å². The van der Waals surface area contributed by atoms with Crippen molar-refractivity contribution in [3.05, 3.63) is 59.7 Å². The van der Waals surface area contributed by atoms with E-state index in [0.717, 1.165) is 18.4 Å². The first kappa shape index (κ1) is 24.2. The predicted octanol–water partition coefficient (Wildman–Crippen LogP) is 6.11. The number of carbonyl (C=O) groups is 2. The smallest absolute Gasteiger partial charge is 0.316 e. The topological polar surface area (TPSA) is 61.8 Å². The molecule has 2 rings (SSSR count). The second-order valence-corrected chi connectivity index (χ2v) is 8.23. The van der Waals surface area contributed by atoms with Gasteiger partial charge in [0.15, 0.2) is 5.78 Å². The molecule has 0 saturated heterocycles. The Morgan fingerprint density at radius 1 is 0.871 bits per heavy atom. The van der Waals surface area contributed by atoms with Crippen molar-refractivity contribution in [1.82, 2.24) is 0 Å². The van der Waals surface area contributed by atoms with E-state index in [-0.39, 0.29) is 11.8 Å². The van der Waals surface area contributed by atoms with E-state index in [9.17, 15) is 9.59 Å². The summed E-state index contributed by atoms with van der Waals surface area (Å²) in [6.07, 6.45) is 5.00. The number of esters is 1. The third kappa shape index (κ3) is 7.28. The average Bonchev–Trinajstić information content (AvgIpc) is 2.74. The molecule has 0 spiro atoms. The van der Waals surface area contributed by atoms with Gasteiger partial charge >= 0.3 is 5.97 Å². The van der Waals surface area contributed by atoms with Gasteiger partial charge < -0.3 is 14.2 Å². The number of ether oxygens (including phenoxy) is 3. The number of hydrogen-bond acceptors (Lipinski definition) is 5. The van der Waals surface area contributed by atoms with Crippen LogP contribution in [0.5, 0.6) is 17.2 Å². The van der Waals surface area contributed by atoms with Crippen molar-refractivity contribution < 1.29 is 23.8 Å². The summed E-state index contributed by atoms with van der Waals surface area (Å²) in [5.74, 6) is 1.29. The monoisotopic (exact) mass is 424 g/mol. The molecule has 0 aliphatic carbocycles. The molecular formula is C26H32O5. The van der Waals surface area contributed by atoms with Crippen molar-refractivity contribution in [1.29, 1.82) is 0 Å². The van der Waals surface area contributed by atoms with E-state index in [4.69, 9.17) is 14.2 Å². The fourth-order valence-corrected chi connectivity index (χ4v) is 2.57. The molecule has 0 aliphatic rings. The summed E-state index contributed by atoms with van der Waals surface area (Å²) in [6, 6.07) is 12.2. The van der Waals surface area contributed by atoms with Crippen molar-refractivity contribution in [2.24, 2.45) is 5.41 Å². The second kappa shape index (κ2) is 11.3. The first-order chi connectivity index (χ1) is 14.8. The molecule has 166 valence electrons. The highest BCUT2D eigenvalue weighted by Gasteiger charge is 2.23. The van der Waals surface area contributed by atoms with Gasteiger partial charge in [-0.3, -0.25) is 9.59 Å². The van der Waals surface area contributed by atoms with Crippen LogP contribution in [0.1, 0.15) is 63.4 Å². The molecule has 5 heteroatoms. The number of benzene rings is 2. The van der Waals surface area contributed by atoms with Crippen LogP contribution in [0.3, 0.4) is 0 Å². The van der Waals surface area contributed by atoms with E-state index in [2.05, 4.69) is 0 Å². The van der Waals surface area contributed by atoms with Gasteiger partial charge in [0.05, 0.1) is 24.2 Å². The van der Waals surface area contributed by atoms with Gasteiger partial charge in [-0.05, 0) is 82.2 Å². The Labute approximate surface area is 185 Å². The molecule has 0 heterocycles. The van der Waals surface area contributed by atoms with Crippen LogP contribution in [-0.2, 0) is 4.79 Å². The van der Waals surface area contributed by atoms with Gasteiger partial charge in [-0.1, -0.05) is 19.9 Å². The minimum atomic E-state index is -0.595. The Hall–Kier alpha value is -3.08. The Kier molecular flexibility index (Phi) is 8.86. The molecule has 0 unspecified atom stereocenters. The molecule has 0 amide bonds. The lowest BCUT2D eigenvalue weighted by Crippen LogP contribution is -2.25. The van der Waals surface area contributed by atoms with E-state index in [1.807, 2.05) is 32.0 Å². The molecule has 31 heavy (non-hydrogen) atoms. The molecule has 2 aromatic rings. The first-order valence-electron chi connectivity index (χ1n) is 10.7. The largest absolute Gasteiger partial charge is 0.493 e. The zero-order valence-electron chi connectivity index (χ0n) is 19.1. The number of rotatable bonds is 10.